The van der Waals surface area contributed by atoms with E-state index in [2.05, 4.69) is 10.3 Å². The van der Waals surface area contributed by atoms with Crippen molar-refractivity contribution in [1.82, 2.24) is 10.3 Å². The Morgan fingerprint density at radius 1 is 1.00 bits per heavy atom. The molecule has 0 unspecified atom stereocenters. The minimum Gasteiger partial charge on any atom is -0.350 e. The predicted octanol–water partition coefficient (Wildman–Crippen LogP) is 3.75. The largest absolute Gasteiger partial charge is 0.416 e. The molecule has 4 nitrogen and oxygen atoms in total. The van der Waals surface area contributed by atoms with E-state index in [4.69, 9.17) is 5.73 Å². The molecule has 0 radical (unpaired) electrons. The standard InChI is InChI=1S/C17H15F6N3O/c18-16(19,20)11-6-10(7-12(8-11)17(21,22)23)14-3-1-2-13(26-14)9-25-15(27)4-5-24/h1-3,6-8H,4-5,9,24H2,(H,25,27). The fourth-order valence-corrected chi connectivity index (χ4v) is 2.25. The molecule has 3 N–H and O–H groups in total. The van der Waals surface area contributed by atoms with Crippen LogP contribution in [0, 0.1) is 0 Å². The van der Waals surface area contributed by atoms with E-state index in [9.17, 15) is 31.1 Å². The van der Waals surface area contributed by atoms with Crippen LogP contribution in [0.2, 0.25) is 0 Å². The third-order valence-electron chi connectivity index (χ3n) is 3.53. The number of nitrogens with zero attached hydrogens (tertiary/aromatic N) is 1. The number of pyridine rings is 1. The lowest BCUT2D eigenvalue weighted by molar-refractivity contribution is -0.143. The normalized spacial score (nSPS) is 12.1. The second-order valence-corrected chi connectivity index (χ2v) is 5.62. The molecule has 2 aromatic rings. The Labute approximate surface area is 150 Å². The molecule has 0 atom stereocenters. The molecule has 0 aliphatic carbocycles. The van der Waals surface area contributed by atoms with Crippen molar-refractivity contribution in [3.05, 3.63) is 53.2 Å². The van der Waals surface area contributed by atoms with E-state index in [0.717, 1.165) is 0 Å². The topological polar surface area (TPSA) is 68.0 Å². The van der Waals surface area contributed by atoms with Crippen molar-refractivity contribution in [3.8, 4) is 11.3 Å². The third-order valence-corrected chi connectivity index (χ3v) is 3.53. The molecule has 146 valence electrons. The smallest absolute Gasteiger partial charge is 0.350 e. The van der Waals surface area contributed by atoms with Crippen LogP contribution in [-0.4, -0.2) is 17.4 Å². The number of alkyl halides is 6. The number of hydrogen-bond acceptors (Lipinski definition) is 3. The SMILES string of the molecule is NCCC(=O)NCc1cccc(-c2cc(C(F)(F)F)cc(C(F)(F)F)c2)n1. The Hall–Kier alpha value is -2.62. The van der Waals surface area contributed by atoms with Crippen LogP contribution in [0.5, 0.6) is 0 Å². The Morgan fingerprint density at radius 3 is 2.11 bits per heavy atom. The van der Waals surface area contributed by atoms with Crippen molar-refractivity contribution < 1.29 is 31.1 Å². The predicted molar refractivity (Wildman–Crippen MR) is 85.2 cm³/mol. The highest BCUT2D eigenvalue weighted by atomic mass is 19.4. The first kappa shape index (κ1) is 20.7. The van der Waals surface area contributed by atoms with Gasteiger partial charge in [-0.15, -0.1) is 0 Å². The average Bonchev–Trinajstić information content (AvgIpc) is 2.58. The van der Waals surface area contributed by atoms with Gasteiger partial charge in [-0.25, -0.2) is 0 Å². The number of aromatic nitrogens is 1. The molecule has 0 bridgehead atoms. The zero-order chi connectivity index (χ0) is 20.2. The van der Waals surface area contributed by atoms with Gasteiger partial charge in [0.2, 0.25) is 5.91 Å². The van der Waals surface area contributed by atoms with Crippen molar-refractivity contribution in [2.75, 3.05) is 6.54 Å². The number of nitrogens with one attached hydrogen (secondary N) is 1. The minimum absolute atomic E-state index is 0.0300. The Kier molecular flexibility index (Phi) is 6.09. The summed E-state index contributed by atoms with van der Waals surface area (Å²) in [5, 5.41) is 2.51. The van der Waals surface area contributed by atoms with E-state index in [1.54, 1.807) is 0 Å². The van der Waals surface area contributed by atoms with Gasteiger partial charge in [0.1, 0.15) is 0 Å². The molecular formula is C17H15F6N3O. The number of benzene rings is 1. The van der Waals surface area contributed by atoms with Gasteiger partial charge in [0.25, 0.3) is 0 Å². The molecular weight excluding hydrogens is 376 g/mol. The molecule has 0 saturated heterocycles. The van der Waals surface area contributed by atoms with Crippen LogP contribution >= 0.6 is 0 Å². The summed E-state index contributed by atoms with van der Waals surface area (Å²) in [4.78, 5) is 15.5. The summed E-state index contributed by atoms with van der Waals surface area (Å²) >= 11 is 0. The van der Waals surface area contributed by atoms with E-state index >= 15 is 0 Å². The second kappa shape index (κ2) is 7.95. The van der Waals surface area contributed by atoms with E-state index in [1.807, 2.05) is 0 Å². The van der Waals surface area contributed by atoms with Crippen LogP contribution < -0.4 is 11.1 Å². The van der Waals surface area contributed by atoms with Crippen LogP contribution in [0.3, 0.4) is 0 Å². The summed E-state index contributed by atoms with van der Waals surface area (Å²) in [6.07, 6.45) is -9.80. The summed E-state index contributed by atoms with van der Waals surface area (Å²) in [6, 6.07) is 5.48. The van der Waals surface area contributed by atoms with Crippen LogP contribution in [-0.2, 0) is 23.7 Å². The highest BCUT2D eigenvalue weighted by molar-refractivity contribution is 5.76. The van der Waals surface area contributed by atoms with Gasteiger partial charge < -0.3 is 11.1 Å². The molecule has 1 aromatic carbocycles. The molecule has 0 saturated carbocycles. The first-order valence-corrected chi connectivity index (χ1v) is 7.73. The van der Waals surface area contributed by atoms with Crippen LogP contribution in [0.1, 0.15) is 23.2 Å². The maximum Gasteiger partial charge on any atom is 0.416 e. The van der Waals surface area contributed by atoms with Gasteiger partial charge in [0.15, 0.2) is 0 Å². The summed E-state index contributed by atoms with van der Waals surface area (Å²) < 4.78 is 77.8. The van der Waals surface area contributed by atoms with Gasteiger partial charge in [0.05, 0.1) is 29.1 Å². The highest BCUT2D eigenvalue weighted by Crippen LogP contribution is 2.38. The lowest BCUT2D eigenvalue weighted by Crippen LogP contribution is -2.25. The zero-order valence-corrected chi connectivity index (χ0v) is 13.8. The van der Waals surface area contributed by atoms with E-state index < -0.39 is 23.5 Å². The highest BCUT2D eigenvalue weighted by Gasteiger charge is 2.37. The Morgan fingerprint density at radius 2 is 1.59 bits per heavy atom. The number of rotatable bonds is 5. The monoisotopic (exact) mass is 391 g/mol. The maximum absolute atomic E-state index is 13.0. The summed E-state index contributed by atoms with van der Waals surface area (Å²) in [5.41, 5.74) is 2.28. The van der Waals surface area contributed by atoms with Crippen LogP contribution in [0.25, 0.3) is 11.3 Å². The number of carbonyl (C=O) groups excluding carboxylic acids is 1. The molecule has 0 spiro atoms. The first-order valence-electron chi connectivity index (χ1n) is 7.73. The van der Waals surface area contributed by atoms with Gasteiger partial charge in [-0.2, -0.15) is 26.3 Å². The van der Waals surface area contributed by atoms with Gasteiger partial charge in [-0.3, -0.25) is 9.78 Å². The molecule has 1 amide bonds. The van der Waals surface area contributed by atoms with Crippen molar-refractivity contribution >= 4 is 5.91 Å². The molecule has 0 fully saturated rings. The molecule has 27 heavy (non-hydrogen) atoms. The lowest BCUT2D eigenvalue weighted by Gasteiger charge is -2.14. The molecule has 1 heterocycles. The van der Waals surface area contributed by atoms with Crippen molar-refractivity contribution in [2.45, 2.75) is 25.3 Å². The average molecular weight is 391 g/mol. The van der Waals surface area contributed by atoms with Crippen molar-refractivity contribution in [3.63, 3.8) is 0 Å². The summed E-state index contributed by atoms with van der Waals surface area (Å²) in [5.74, 6) is -0.344. The fourth-order valence-electron chi connectivity index (χ4n) is 2.25. The van der Waals surface area contributed by atoms with Gasteiger partial charge in [-0.05, 0) is 30.3 Å². The second-order valence-electron chi connectivity index (χ2n) is 5.62. The van der Waals surface area contributed by atoms with Gasteiger partial charge in [-0.1, -0.05) is 6.07 Å². The minimum atomic E-state index is -4.94. The molecule has 1 aromatic heterocycles. The Balaban J connectivity index is 2.39. The van der Waals surface area contributed by atoms with E-state index in [-0.39, 0.29) is 48.4 Å². The maximum atomic E-state index is 13.0. The quantitative estimate of drug-likeness (QED) is 0.763. The number of hydrogen-bond donors (Lipinski definition) is 2. The fraction of sp³-hybridized carbons (Fsp3) is 0.294. The first-order chi connectivity index (χ1) is 12.5. The van der Waals surface area contributed by atoms with Crippen LogP contribution in [0.15, 0.2) is 36.4 Å². The zero-order valence-electron chi connectivity index (χ0n) is 13.8. The lowest BCUT2D eigenvalue weighted by atomic mass is 10.0. The summed E-state index contributed by atoms with van der Waals surface area (Å²) in [6.45, 7) is 0.113. The van der Waals surface area contributed by atoms with Crippen molar-refractivity contribution in [2.24, 2.45) is 5.73 Å². The van der Waals surface area contributed by atoms with Gasteiger partial charge in [0, 0.05) is 18.5 Å². The molecule has 2 rings (SSSR count). The number of amides is 1. The molecule has 0 aliphatic heterocycles. The van der Waals surface area contributed by atoms with E-state index in [0.29, 0.717) is 12.1 Å². The molecule has 0 aliphatic rings. The summed E-state index contributed by atoms with van der Waals surface area (Å²) in [7, 11) is 0. The van der Waals surface area contributed by atoms with Crippen LogP contribution in [0.4, 0.5) is 26.3 Å². The Bertz CT molecular complexity index is 785. The number of halogens is 6. The third kappa shape index (κ3) is 5.68. The van der Waals surface area contributed by atoms with Gasteiger partial charge >= 0.3 is 12.4 Å². The molecule has 10 heteroatoms. The van der Waals surface area contributed by atoms with Crippen molar-refractivity contribution in [1.29, 1.82) is 0 Å². The van der Waals surface area contributed by atoms with E-state index in [1.165, 1.54) is 18.2 Å². The number of nitrogens with two attached hydrogens (primary N) is 1. The number of carbonyl (C=O) groups is 1.